The molecule has 2 aromatic rings. The lowest BCUT2D eigenvalue weighted by atomic mass is 10.0. The van der Waals surface area contributed by atoms with Gasteiger partial charge >= 0.3 is 0 Å². The average molecular weight is 230 g/mol. The van der Waals surface area contributed by atoms with Crippen LogP contribution in [0.2, 0.25) is 0 Å². The second-order valence-corrected chi connectivity index (χ2v) is 4.06. The van der Waals surface area contributed by atoms with E-state index in [0.29, 0.717) is 0 Å². The summed E-state index contributed by atoms with van der Waals surface area (Å²) in [5, 5.41) is 7.60. The Kier molecular flexibility index (Phi) is 3.54. The minimum Gasteiger partial charge on any atom is -0.308 e. The summed E-state index contributed by atoms with van der Waals surface area (Å²) in [5.74, 6) is 0. The molecule has 2 heterocycles. The zero-order valence-corrected chi connectivity index (χ0v) is 10.5. The smallest absolute Gasteiger partial charge is 0.0782 e. The second kappa shape index (κ2) is 5.10. The molecular formula is C13H18N4. The molecule has 17 heavy (non-hydrogen) atoms. The van der Waals surface area contributed by atoms with Gasteiger partial charge in [-0.25, -0.2) is 0 Å². The van der Waals surface area contributed by atoms with Crippen molar-refractivity contribution in [3.63, 3.8) is 0 Å². The van der Waals surface area contributed by atoms with Crippen molar-refractivity contribution in [2.45, 2.75) is 26.4 Å². The molecule has 0 saturated carbocycles. The minimum atomic E-state index is 0.108. The van der Waals surface area contributed by atoms with Gasteiger partial charge in [0.1, 0.15) is 0 Å². The fourth-order valence-corrected chi connectivity index (χ4v) is 1.96. The number of nitrogens with one attached hydrogen (secondary N) is 1. The Labute approximate surface area is 102 Å². The van der Waals surface area contributed by atoms with Crippen LogP contribution in [-0.2, 0) is 6.54 Å². The van der Waals surface area contributed by atoms with Crippen LogP contribution in [0, 0.1) is 6.92 Å². The van der Waals surface area contributed by atoms with Crippen LogP contribution in [-0.4, -0.2) is 21.8 Å². The van der Waals surface area contributed by atoms with Gasteiger partial charge in [-0.2, -0.15) is 5.10 Å². The summed E-state index contributed by atoms with van der Waals surface area (Å²) >= 11 is 0. The van der Waals surface area contributed by atoms with Gasteiger partial charge in [0.25, 0.3) is 0 Å². The van der Waals surface area contributed by atoms with Gasteiger partial charge in [0.2, 0.25) is 0 Å². The summed E-state index contributed by atoms with van der Waals surface area (Å²) in [6, 6.07) is 4.15. The molecule has 0 bridgehead atoms. The SMILES string of the molecule is CCn1cc(C(NC)c2ncccc2C)cn1. The van der Waals surface area contributed by atoms with Crippen molar-refractivity contribution in [3.05, 3.63) is 47.5 Å². The molecule has 4 heteroatoms. The van der Waals surface area contributed by atoms with Gasteiger partial charge in [0.15, 0.2) is 0 Å². The molecule has 2 aromatic heterocycles. The van der Waals surface area contributed by atoms with Crippen LogP contribution in [0.5, 0.6) is 0 Å². The molecule has 1 atom stereocenters. The molecule has 0 radical (unpaired) electrons. The first kappa shape index (κ1) is 11.8. The van der Waals surface area contributed by atoms with Crippen LogP contribution in [0.3, 0.4) is 0 Å². The molecule has 90 valence electrons. The third-order valence-corrected chi connectivity index (χ3v) is 2.92. The first-order valence-electron chi connectivity index (χ1n) is 5.87. The van der Waals surface area contributed by atoms with E-state index < -0.39 is 0 Å². The van der Waals surface area contributed by atoms with E-state index in [4.69, 9.17) is 0 Å². The topological polar surface area (TPSA) is 42.7 Å². The van der Waals surface area contributed by atoms with Gasteiger partial charge in [-0.15, -0.1) is 0 Å². The largest absolute Gasteiger partial charge is 0.308 e. The van der Waals surface area contributed by atoms with Gasteiger partial charge in [-0.1, -0.05) is 6.07 Å². The number of rotatable bonds is 4. The number of hydrogen-bond donors (Lipinski definition) is 1. The van der Waals surface area contributed by atoms with Crippen molar-refractivity contribution in [1.82, 2.24) is 20.1 Å². The van der Waals surface area contributed by atoms with Crippen molar-refractivity contribution in [2.75, 3.05) is 7.05 Å². The summed E-state index contributed by atoms with van der Waals surface area (Å²) in [6.45, 7) is 5.05. The Morgan fingerprint density at radius 3 is 2.88 bits per heavy atom. The van der Waals surface area contributed by atoms with Crippen molar-refractivity contribution in [3.8, 4) is 0 Å². The van der Waals surface area contributed by atoms with Crippen LogP contribution < -0.4 is 5.32 Å². The Hall–Kier alpha value is -1.68. The van der Waals surface area contributed by atoms with Gasteiger partial charge < -0.3 is 5.32 Å². The van der Waals surface area contributed by atoms with Gasteiger partial charge in [-0.3, -0.25) is 9.67 Å². The average Bonchev–Trinajstić information content (AvgIpc) is 2.81. The zero-order valence-electron chi connectivity index (χ0n) is 10.5. The van der Waals surface area contributed by atoms with Crippen molar-refractivity contribution in [2.24, 2.45) is 0 Å². The number of aryl methyl sites for hydroxylation is 2. The quantitative estimate of drug-likeness (QED) is 0.872. The molecular weight excluding hydrogens is 212 g/mol. The van der Waals surface area contributed by atoms with Crippen LogP contribution in [0.25, 0.3) is 0 Å². The highest BCUT2D eigenvalue weighted by atomic mass is 15.3. The van der Waals surface area contributed by atoms with E-state index in [-0.39, 0.29) is 6.04 Å². The molecule has 0 saturated heterocycles. The maximum atomic E-state index is 4.46. The van der Waals surface area contributed by atoms with Crippen LogP contribution in [0.1, 0.15) is 29.8 Å². The first-order valence-corrected chi connectivity index (χ1v) is 5.87. The van der Waals surface area contributed by atoms with E-state index >= 15 is 0 Å². The predicted octanol–water partition coefficient (Wildman–Crippen LogP) is 1.92. The maximum absolute atomic E-state index is 4.46. The molecule has 0 aliphatic heterocycles. The van der Waals surface area contributed by atoms with Crippen molar-refractivity contribution >= 4 is 0 Å². The van der Waals surface area contributed by atoms with Crippen molar-refractivity contribution in [1.29, 1.82) is 0 Å². The number of nitrogens with zero attached hydrogens (tertiary/aromatic N) is 3. The lowest BCUT2D eigenvalue weighted by Gasteiger charge is -2.15. The monoisotopic (exact) mass is 230 g/mol. The number of hydrogen-bond acceptors (Lipinski definition) is 3. The van der Waals surface area contributed by atoms with E-state index in [2.05, 4.69) is 41.5 Å². The number of pyridine rings is 1. The molecule has 0 amide bonds. The molecule has 1 unspecified atom stereocenters. The Morgan fingerprint density at radius 2 is 2.29 bits per heavy atom. The van der Waals surface area contributed by atoms with E-state index in [1.807, 2.05) is 30.2 Å². The van der Waals surface area contributed by atoms with Crippen LogP contribution in [0.15, 0.2) is 30.7 Å². The van der Waals surface area contributed by atoms with Gasteiger partial charge in [0.05, 0.1) is 17.9 Å². The zero-order chi connectivity index (χ0) is 12.3. The van der Waals surface area contributed by atoms with Gasteiger partial charge in [0, 0.05) is 24.5 Å². The first-order chi connectivity index (χ1) is 8.26. The molecule has 2 rings (SSSR count). The Balaban J connectivity index is 2.36. The summed E-state index contributed by atoms with van der Waals surface area (Å²) in [6.07, 6.45) is 5.80. The highest BCUT2D eigenvalue weighted by Gasteiger charge is 2.16. The molecule has 4 nitrogen and oxygen atoms in total. The van der Waals surface area contributed by atoms with Gasteiger partial charge in [-0.05, 0) is 32.5 Å². The summed E-state index contributed by atoms with van der Waals surface area (Å²) in [4.78, 5) is 4.46. The predicted molar refractivity (Wildman–Crippen MR) is 67.8 cm³/mol. The minimum absolute atomic E-state index is 0.108. The third kappa shape index (κ3) is 2.36. The van der Waals surface area contributed by atoms with E-state index in [1.54, 1.807) is 0 Å². The molecule has 0 aliphatic carbocycles. The highest BCUT2D eigenvalue weighted by Crippen LogP contribution is 2.21. The standard InChI is InChI=1S/C13H18N4/c1-4-17-9-11(8-16-17)13(14-3)12-10(2)6-5-7-15-12/h5-9,13-14H,4H2,1-3H3. The van der Waals surface area contributed by atoms with E-state index in [9.17, 15) is 0 Å². The summed E-state index contributed by atoms with van der Waals surface area (Å²) in [7, 11) is 1.95. The normalized spacial score (nSPS) is 12.6. The fourth-order valence-electron chi connectivity index (χ4n) is 1.96. The van der Waals surface area contributed by atoms with E-state index in [1.165, 1.54) is 5.56 Å². The lowest BCUT2D eigenvalue weighted by Crippen LogP contribution is -2.19. The fraction of sp³-hybridized carbons (Fsp3) is 0.385. The molecule has 1 N–H and O–H groups in total. The molecule has 0 fully saturated rings. The highest BCUT2D eigenvalue weighted by molar-refractivity contribution is 5.29. The Bertz CT molecular complexity index is 490. The second-order valence-electron chi connectivity index (χ2n) is 4.06. The summed E-state index contributed by atoms with van der Waals surface area (Å²) in [5.41, 5.74) is 3.40. The third-order valence-electron chi connectivity index (χ3n) is 2.92. The molecule has 0 aromatic carbocycles. The van der Waals surface area contributed by atoms with Crippen molar-refractivity contribution < 1.29 is 0 Å². The van der Waals surface area contributed by atoms with Crippen LogP contribution >= 0.6 is 0 Å². The Morgan fingerprint density at radius 1 is 1.47 bits per heavy atom. The maximum Gasteiger partial charge on any atom is 0.0782 e. The molecule has 0 spiro atoms. The van der Waals surface area contributed by atoms with Crippen LogP contribution in [0.4, 0.5) is 0 Å². The number of aromatic nitrogens is 3. The summed E-state index contributed by atoms with van der Waals surface area (Å²) < 4.78 is 1.93. The van der Waals surface area contributed by atoms with E-state index in [0.717, 1.165) is 17.8 Å². The lowest BCUT2D eigenvalue weighted by molar-refractivity contribution is 0.647. The molecule has 0 aliphatic rings.